The molecule has 0 aliphatic rings. The van der Waals surface area contributed by atoms with E-state index in [4.69, 9.17) is 14.2 Å². The van der Waals surface area contributed by atoms with Crippen LogP contribution in [0.15, 0.2) is 0 Å². The van der Waals surface area contributed by atoms with Gasteiger partial charge in [0.25, 0.3) is 0 Å². The van der Waals surface area contributed by atoms with E-state index in [1.165, 1.54) is 135 Å². The summed E-state index contributed by atoms with van der Waals surface area (Å²) in [6.07, 6.45) is 40.1. The molecule has 0 aliphatic heterocycles. The Morgan fingerprint density at radius 1 is 0.315 bits per heavy atom. The molecule has 0 fully saturated rings. The molecule has 0 rings (SSSR count). The fourth-order valence-corrected chi connectivity index (χ4v) is 7.46. The third-order valence-electron chi connectivity index (χ3n) is 11.1. The van der Waals surface area contributed by atoms with Crippen LogP contribution in [-0.4, -0.2) is 37.7 Å². The van der Waals surface area contributed by atoms with Crippen molar-refractivity contribution in [3.8, 4) is 0 Å². The number of esters is 3. The summed E-state index contributed by atoms with van der Waals surface area (Å²) in [6.45, 7) is 10.2. The quantitative estimate of drug-likeness (QED) is 0.0349. The lowest BCUT2D eigenvalue weighted by atomic mass is 9.84. The predicted octanol–water partition coefficient (Wildman–Crippen LogP) is 15.0. The van der Waals surface area contributed by atoms with Crippen molar-refractivity contribution in [2.24, 2.45) is 11.8 Å². The van der Waals surface area contributed by atoms with Gasteiger partial charge >= 0.3 is 17.9 Å². The first-order valence-corrected chi connectivity index (χ1v) is 24.0. The number of unbranched alkanes of at least 4 members (excludes halogenated alkanes) is 28. The van der Waals surface area contributed by atoms with Crippen LogP contribution in [0.5, 0.6) is 0 Å². The van der Waals surface area contributed by atoms with Gasteiger partial charge in [0.2, 0.25) is 0 Å². The second kappa shape index (κ2) is 42.6. The second-order valence-corrected chi connectivity index (χ2v) is 16.3. The average molecular weight is 765 g/mol. The standard InChI is InChI=1S/C48H92O6/c1-5-9-13-17-21-22-23-24-25-26-27-28-29-33-38-44(47(50)53-42-35-31-19-15-11-7-3)45(48(51)54-43-36-32-20-16-12-8-4)39-37-40-46(49)52-41-34-30-18-14-10-6-2/h44-45H,5-43H2,1-4H3. The summed E-state index contributed by atoms with van der Waals surface area (Å²) < 4.78 is 17.3. The highest BCUT2D eigenvalue weighted by molar-refractivity contribution is 5.82. The minimum Gasteiger partial charge on any atom is -0.466 e. The number of carbonyl (C=O) groups excluding carboxylic acids is 3. The molecule has 0 aliphatic carbocycles. The summed E-state index contributed by atoms with van der Waals surface area (Å²) in [5.41, 5.74) is 0. The maximum Gasteiger partial charge on any atom is 0.309 e. The number of carbonyl (C=O) groups is 3. The minimum atomic E-state index is -0.588. The Hall–Kier alpha value is -1.59. The smallest absolute Gasteiger partial charge is 0.309 e. The van der Waals surface area contributed by atoms with E-state index in [1.807, 2.05) is 0 Å². The molecule has 320 valence electrons. The van der Waals surface area contributed by atoms with Crippen molar-refractivity contribution in [2.45, 2.75) is 259 Å². The number of hydrogen-bond acceptors (Lipinski definition) is 6. The van der Waals surface area contributed by atoms with Gasteiger partial charge in [0.05, 0.1) is 31.7 Å². The Labute approximate surface area is 336 Å². The van der Waals surface area contributed by atoms with Crippen LogP contribution in [-0.2, 0) is 28.6 Å². The highest BCUT2D eigenvalue weighted by Gasteiger charge is 2.35. The van der Waals surface area contributed by atoms with Gasteiger partial charge in [-0.25, -0.2) is 0 Å². The van der Waals surface area contributed by atoms with Gasteiger partial charge in [-0.05, 0) is 38.5 Å². The Bertz CT molecular complexity index is 813. The van der Waals surface area contributed by atoms with E-state index in [1.54, 1.807) is 0 Å². The van der Waals surface area contributed by atoms with Crippen molar-refractivity contribution in [3.05, 3.63) is 0 Å². The van der Waals surface area contributed by atoms with Crippen molar-refractivity contribution < 1.29 is 28.6 Å². The Morgan fingerprint density at radius 3 is 0.907 bits per heavy atom. The van der Waals surface area contributed by atoms with E-state index in [2.05, 4.69) is 27.7 Å². The lowest BCUT2D eigenvalue weighted by molar-refractivity contribution is -0.162. The molecule has 0 saturated carbocycles. The zero-order valence-electron chi connectivity index (χ0n) is 36.7. The molecule has 0 radical (unpaired) electrons. The zero-order valence-corrected chi connectivity index (χ0v) is 36.7. The molecular weight excluding hydrogens is 673 g/mol. The molecule has 0 aromatic carbocycles. The molecule has 0 heterocycles. The largest absolute Gasteiger partial charge is 0.466 e. The first-order chi connectivity index (χ1) is 26.5. The highest BCUT2D eigenvalue weighted by atomic mass is 16.5. The van der Waals surface area contributed by atoms with Crippen molar-refractivity contribution in [2.75, 3.05) is 19.8 Å². The first-order valence-electron chi connectivity index (χ1n) is 24.0. The van der Waals surface area contributed by atoms with Gasteiger partial charge in [0, 0.05) is 6.42 Å². The van der Waals surface area contributed by atoms with E-state index < -0.39 is 11.8 Å². The molecule has 0 aromatic heterocycles. The molecule has 0 amide bonds. The summed E-state index contributed by atoms with van der Waals surface area (Å²) in [7, 11) is 0. The molecule has 0 saturated heterocycles. The second-order valence-electron chi connectivity index (χ2n) is 16.3. The summed E-state index contributed by atoms with van der Waals surface area (Å²) in [5.74, 6) is -1.88. The van der Waals surface area contributed by atoms with Gasteiger partial charge in [0.15, 0.2) is 0 Å². The molecule has 0 spiro atoms. The third-order valence-corrected chi connectivity index (χ3v) is 11.1. The number of ether oxygens (including phenoxy) is 3. The van der Waals surface area contributed by atoms with Gasteiger partial charge in [0.1, 0.15) is 0 Å². The van der Waals surface area contributed by atoms with Crippen molar-refractivity contribution in [1.82, 2.24) is 0 Å². The van der Waals surface area contributed by atoms with Crippen LogP contribution >= 0.6 is 0 Å². The molecular formula is C48H92O6. The molecule has 54 heavy (non-hydrogen) atoms. The van der Waals surface area contributed by atoms with Crippen LogP contribution in [0.1, 0.15) is 259 Å². The van der Waals surface area contributed by atoms with Gasteiger partial charge in [-0.15, -0.1) is 0 Å². The van der Waals surface area contributed by atoms with Crippen molar-refractivity contribution in [1.29, 1.82) is 0 Å². The van der Waals surface area contributed by atoms with Gasteiger partial charge < -0.3 is 14.2 Å². The van der Waals surface area contributed by atoms with E-state index in [0.717, 1.165) is 70.6 Å². The molecule has 2 atom stereocenters. The van der Waals surface area contributed by atoms with Crippen LogP contribution in [0.3, 0.4) is 0 Å². The minimum absolute atomic E-state index is 0.211. The first kappa shape index (κ1) is 52.4. The number of hydrogen-bond donors (Lipinski definition) is 0. The van der Waals surface area contributed by atoms with Crippen LogP contribution in [0.4, 0.5) is 0 Å². The summed E-state index contributed by atoms with van der Waals surface area (Å²) >= 11 is 0. The molecule has 0 aromatic rings. The van der Waals surface area contributed by atoms with Crippen LogP contribution in [0.25, 0.3) is 0 Å². The summed E-state index contributed by atoms with van der Waals surface area (Å²) in [6, 6.07) is 0. The molecule has 0 bridgehead atoms. The van der Waals surface area contributed by atoms with E-state index in [9.17, 15) is 14.4 Å². The van der Waals surface area contributed by atoms with Gasteiger partial charge in [-0.2, -0.15) is 0 Å². The normalized spacial score (nSPS) is 12.4. The lowest BCUT2D eigenvalue weighted by Gasteiger charge is -2.25. The zero-order chi connectivity index (χ0) is 39.6. The average Bonchev–Trinajstić information content (AvgIpc) is 3.17. The maximum absolute atomic E-state index is 13.7. The molecule has 6 heteroatoms. The van der Waals surface area contributed by atoms with E-state index >= 15 is 0 Å². The fraction of sp³-hybridized carbons (Fsp3) is 0.938. The SMILES string of the molecule is CCCCCCCCCCCCCCCCC(C(=O)OCCCCCCCC)C(CCCC(=O)OCCCCCCCC)C(=O)OCCCCCCCC. The lowest BCUT2D eigenvalue weighted by Crippen LogP contribution is -2.33. The maximum atomic E-state index is 13.7. The Morgan fingerprint density at radius 2 is 0.574 bits per heavy atom. The van der Waals surface area contributed by atoms with Gasteiger partial charge in [-0.3, -0.25) is 14.4 Å². The van der Waals surface area contributed by atoms with Crippen molar-refractivity contribution in [3.63, 3.8) is 0 Å². The molecule has 6 nitrogen and oxygen atoms in total. The van der Waals surface area contributed by atoms with E-state index in [0.29, 0.717) is 39.1 Å². The van der Waals surface area contributed by atoms with Crippen LogP contribution in [0.2, 0.25) is 0 Å². The van der Waals surface area contributed by atoms with E-state index in [-0.39, 0.29) is 24.3 Å². The van der Waals surface area contributed by atoms with Crippen molar-refractivity contribution >= 4 is 17.9 Å². The Kier molecular flexibility index (Phi) is 41.3. The fourth-order valence-electron chi connectivity index (χ4n) is 7.46. The van der Waals surface area contributed by atoms with Gasteiger partial charge in [-0.1, -0.05) is 214 Å². The third kappa shape index (κ3) is 34.9. The summed E-state index contributed by atoms with van der Waals surface area (Å²) in [4.78, 5) is 40.0. The monoisotopic (exact) mass is 765 g/mol. The predicted molar refractivity (Wildman–Crippen MR) is 229 cm³/mol. The summed E-state index contributed by atoms with van der Waals surface area (Å²) in [5, 5.41) is 0. The highest BCUT2D eigenvalue weighted by Crippen LogP contribution is 2.28. The van der Waals surface area contributed by atoms with Crippen LogP contribution < -0.4 is 0 Å². The number of rotatable bonds is 43. The molecule has 2 unspecified atom stereocenters. The Balaban J connectivity index is 5.16. The topological polar surface area (TPSA) is 78.9 Å². The van der Waals surface area contributed by atoms with Crippen LogP contribution in [0, 0.1) is 11.8 Å². The molecule has 0 N–H and O–H groups in total.